The molecule has 7 nitrogen and oxygen atoms in total. The van der Waals surface area contributed by atoms with Gasteiger partial charge in [-0.05, 0) is 24.3 Å². The monoisotopic (exact) mass is 324 g/mol. The van der Waals surface area contributed by atoms with Crippen molar-refractivity contribution < 1.29 is 14.3 Å². The summed E-state index contributed by atoms with van der Waals surface area (Å²) in [7, 11) is 0. The van der Waals surface area contributed by atoms with E-state index in [1.807, 2.05) is 48.5 Å². The van der Waals surface area contributed by atoms with Crippen LogP contribution in [-0.2, 0) is 0 Å². The highest BCUT2D eigenvalue weighted by molar-refractivity contribution is 5.85. The standard InChI is InChI=1S/C17H16N4O3/c22-17(20-21-11-19-13-5-1-2-6-14(13)21)18-9-12-10-23-15-7-3-4-8-16(15)24-12/h1-8,11-12H,9-10H2,(H2,18,20,22). The van der Waals surface area contributed by atoms with Gasteiger partial charge in [-0.3, -0.25) is 0 Å². The molecule has 0 saturated heterocycles. The molecule has 2 aromatic carbocycles. The lowest BCUT2D eigenvalue weighted by molar-refractivity contribution is 0.0922. The molecule has 0 radical (unpaired) electrons. The zero-order valence-corrected chi connectivity index (χ0v) is 12.8. The first kappa shape index (κ1) is 14.4. The first-order valence-corrected chi connectivity index (χ1v) is 7.65. The van der Waals surface area contributed by atoms with E-state index in [0.29, 0.717) is 18.9 Å². The van der Waals surface area contributed by atoms with Crippen LogP contribution in [0, 0.1) is 0 Å². The molecule has 0 saturated carbocycles. The number of urea groups is 1. The highest BCUT2D eigenvalue weighted by atomic mass is 16.6. The van der Waals surface area contributed by atoms with Gasteiger partial charge in [0, 0.05) is 0 Å². The van der Waals surface area contributed by atoms with Crippen LogP contribution in [0.25, 0.3) is 11.0 Å². The summed E-state index contributed by atoms with van der Waals surface area (Å²) in [4.78, 5) is 16.3. The molecule has 24 heavy (non-hydrogen) atoms. The number of carbonyl (C=O) groups is 1. The van der Waals surface area contributed by atoms with E-state index in [0.717, 1.165) is 16.8 Å². The van der Waals surface area contributed by atoms with Crippen molar-refractivity contribution in [3.05, 3.63) is 54.9 Å². The average Bonchev–Trinajstić information content (AvgIpc) is 3.03. The van der Waals surface area contributed by atoms with Gasteiger partial charge >= 0.3 is 6.03 Å². The quantitative estimate of drug-likeness (QED) is 0.774. The number of fused-ring (bicyclic) bond motifs is 2. The molecule has 1 atom stereocenters. The maximum absolute atomic E-state index is 12.1. The van der Waals surface area contributed by atoms with E-state index in [9.17, 15) is 4.79 Å². The lowest BCUT2D eigenvalue weighted by Crippen LogP contribution is -2.43. The summed E-state index contributed by atoms with van der Waals surface area (Å²) in [6, 6.07) is 14.7. The van der Waals surface area contributed by atoms with Gasteiger partial charge in [0.1, 0.15) is 12.9 Å². The summed E-state index contributed by atoms with van der Waals surface area (Å²) in [5, 5.41) is 2.78. The van der Waals surface area contributed by atoms with E-state index in [1.165, 1.54) is 0 Å². The predicted octanol–water partition coefficient (Wildman–Crippen LogP) is 2.13. The van der Waals surface area contributed by atoms with Crippen LogP contribution in [0.5, 0.6) is 11.5 Å². The summed E-state index contributed by atoms with van der Waals surface area (Å²) in [6.07, 6.45) is 1.34. The molecule has 1 aliphatic heterocycles. The van der Waals surface area contributed by atoms with Crippen LogP contribution in [0.2, 0.25) is 0 Å². The Kier molecular flexibility index (Phi) is 3.66. The average molecular weight is 324 g/mol. The van der Waals surface area contributed by atoms with Gasteiger partial charge in [0.15, 0.2) is 17.6 Å². The Balaban J connectivity index is 1.34. The number of ether oxygens (including phenoxy) is 2. The highest BCUT2D eigenvalue weighted by Gasteiger charge is 2.21. The van der Waals surface area contributed by atoms with Crippen molar-refractivity contribution in [3.8, 4) is 11.5 Å². The van der Waals surface area contributed by atoms with E-state index in [-0.39, 0.29) is 12.1 Å². The third kappa shape index (κ3) is 2.83. The highest BCUT2D eigenvalue weighted by Crippen LogP contribution is 2.30. The van der Waals surface area contributed by atoms with Gasteiger partial charge in [0.05, 0.1) is 17.6 Å². The van der Waals surface area contributed by atoms with Crippen molar-refractivity contribution in [2.45, 2.75) is 6.10 Å². The SMILES string of the molecule is O=C(NCC1COc2ccccc2O1)Nn1cnc2ccccc21. The molecule has 3 aromatic rings. The van der Waals surface area contributed by atoms with Crippen LogP contribution in [0.3, 0.4) is 0 Å². The molecule has 1 aromatic heterocycles. The summed E-state index contributed by atoms with van der Waals surface area (Å²) in [5.74, 6) is 1.42. The van der Waals surface area contributed by atoms with Crippen LogP contribution < -0.4 is 20.2 Å². The van der Waals surface area contributed by atoms with Crippen LogP contribution >= 0.6 is 0 Å². The van der Waals surface area contributed by atoms with Gasteiger partial charge in [-0.25, -0.2) is 19.9 Å². The minimum Gasteiger partial charge on any atom is -0.486 e. The van der Waals surface area contributed by atoms with Crippen LogP contribution in [0.1, 0.15) is 0 Å². The summed E-state index contributed by atoms with van der Waals surface area (Å²) >= 11 is 0. The number of hydrogen-bond donors (Lipinski definition) is 2. The second kappa shape index (κ2) is 6.11. The molecular weight excluding hydrogens is 308 g/mol. The Morgan fingerprint density at radius 3 is 2.88 bits per heavy atom. The maximum atomic E-state index is 12.1. The van der Waals surface area contributed by atoms with Crippen LogP contribution in [0.4, 0.5) is 4.79 Å². The lowest BCUT2D eigenvalue weighted by atomic mass is 10.2. The zero-order chi connectivity index (χ0) is 16.4. The second-order valence-corrected chi connectivity index (χ2v) is 5.42. The Bertz CT molecular complexity index is 877. The fourth-order valence-corrected chi connectivity index (χ4v) is 2.57. The van der Waals surface area contributed by atoms with Crippen LogP contribution in [0.15, 0.2) is 54.9 Å². The Morgan fingerprint density at radius 2 is 1.96 bits per heavy atom. The smallest absolute Gasteiger partial charge is 0.334 e. The molecule has 0 aliphatic carbocycles. The number of imidazole rings is 1. The van der Waals surface area contributed by atoms with E-state index >= 15 is 0 Å². The van der Waals surface area contributed by atoms with E-state index < -0.39 is 0 Å². The van der Waals surface area contributed by atoms with E-state index in [4.69, 9.17) is 9.47 Å². The molecule has 0 bridgehead atoms. The van der Waals surface area contributed by atoms with Gasteiger partial charge in [-0.1, -0.05) is 24.3 Å². The third-order valence-electron chi connectivity index (χ3n) is 3.73. The maximum Gasteiger partial charge on any atom is 0.334 e. The van der Waals surface area contributed by atoms with Crippen molar-refractivity contribution in [1.29, 1.82) is 0 Å². The molecular formula is C17H16N4O3. The first-order valence-electron chi connectivity index (χ1n) is 7.65. The lowest BCUT2D eigenvalue weighted by Gasteiger charge is -2.26. The number of amides is 2. The summed E-state index contributed by atoms with van der Waals surface area (Å²) in [6.45, 7) is 0.734. The van der Waals surface area contributed by atoms with Crippen molar-refractivity contribution in [2.24, 2.45) is 0 Å². The Labute approximate surface area is 138 Å². The van der Waals surface area contributed by atoms with E-state index in [1.54, 1.807) is 11.0 Å². The fourth-order valence-electron chi connectivity index (χ4n) is 2.57. The molecule has 0 spiro atoms. The van der Waals surface area contributed by atoms with Crippen LogP contribution in [-0.4, -0.2) is 34.9 Å². The molecule has 4 rings (SSSR count). The van der Waals surface area contributed by atoms with Crippen molar-refractivity contribution in [2.75, 3.05) is 18.6 Å². The van der Waals surface area contributed by atoms with Gasteiger partial charge < -0.3 is 14.8 Å². The number of nitrogens with zero attached hydrogens (tertiary/aromatic N) is 2. The number of carbonyl (C=O) groups excluding carboxylic acids is 1. The fraction of sp³-hybridized carbons (Fsp3) is 0.176. The van der Waals surface area contributed by atoms with Gasteiger partial charge in [-0.2, -0.15) is 0 Å². The molecule has 2 amide bonds. The Morgan fingerprint density at radius 1 is 1.17 bits per heavy atom. The normalized spacial score (nSPS) is 15.9. The number of nitrogens with one attached hydrogen (secondary N) is 2. The first-order chi connectivity index (χ1) is 11.8. The number of benzene rings is 2. The molecule has 2 N–H and O–H groups in total. The molecule has 2 heterocycles. The van der Waals surface area contributed by atoms with Gasteiger partial charge in [-0.15, -0.1) is 0 Å². The molecule has 1 unspecified atom stereocenters. The zero-order valence-electron chi connectivity index (χ0n) is 12.8. The summed E-state index contributed by atoms with van der Waals surface area (Å²) < 4.78 is 13.0. The largest absolute Gasteiger partial charge is 0.486 e. The van der Waals surface area contributed by atoms with Gasteiger partial charge in [0.2, 0.25) is 0 Å². The molecule has 122 valence electrons. The minimum atomic E-state index is -0.333. The van der Waals surface area contributed by atoms with Crippen molar-refractivity contribution >= 4 is 17.1 Å². The second-order valence-electron chi connectivity index (χ2n) is 5.42. The number of rotatable bonds is 3. The third-order valence-corrected chi connectivity index (χ3v) is 3.73. The number of para-hydroxylation sites is 4. The number of aromatic nitrogens is 2. The minimum absolute atomic E-state index is 0.231. The molecule has 0 fully saturated rings. The van der Waals surface area contributed by atoms with E-state index in [2.05, 4.69) is 15.7 Å². The van der Waals surface area contributed by atoms with Gasteiger partial charge in [0.25, 0.3) is 0 Å². The van der Waals surface area contributed by atoms with Crippen molar-refractivity contribution in [1.82, 2.24) is 15.0 Å². The summed E-state index contributed by atoms with van der Waals surface area (Å²) in [5.41, 5.74) is 4.38. The molecule has 7 heteroatoms. The predicted molar refractivity (Wildman–Crippen MR) is 88.8 cm³/mol. The number of hydrogen-bond acceptors (Lipinski definition) is 4. The topological polar surface area (TPSA) is 77.4 Å². The Hall–Kier alpha value is -3.22. The van der Waals surface area contributed by atoms with Crippen molar-refractivity contribution in [3.63, 3.8) is 0 Å². The molecule has 1 aliphatic rings.